The fourth-order valence-corrected chi connectivity index (χ4v) is 1.95. The third-order valence-corrected chi connectivity index (χ3v) is 2.93. The first-order chi connectivity index (χ1) is 8.58. The van der Waals surface area contributed by atoms with Crippen molar-refractivity contribution < 1.29 is 14.2 Å². The van der Waals surface area contributed by atoms with Crippen molar-refractivity contribution in [1.82, 2.24) is 4.90 Å². The first kappa shape index (κ1) is 14.6. The molecule has 102 valence electrons. The highest BCUT2D eigenvalue weighted by molar-refractivity contribution is 5.52. The highest BCUT2D eigenvalue weighted by Crippen LogP contribution is 2.39. The van der Waals surface area contributed by atoms with E-state index in [1.165, 1.54) is 0 Å². The number of nitrogens with zero attached hydrogens (tertiary/aromatic N) is 1. The summed E-state index contributed by atoms with van der Waals surface area (Å²) in [5, 5.41) is 0. The summed E-state index contributed by atoms with van der Waals surface area (Å²) in [5.74, 6) is 2.13. The molecule has 0 aliphatic carbocycles. The maximum Gasteiger partial charge on any atom is 0.131 e. The summed E-state index contributed by atoms with van der Waals surface area (Å²) in [6.45, 7) is 0.478. The molecule has 1 aromatic rings. The molecule has 0 saturated heterocycles. The summed E-state index contributed by atoms with van der Waals surface area (Å²) in [7, 11) is 8.81. The Hall–Kier alpha value is -1.46. The highest BCUT2D eigenvalue weighted by atomic mass is 16.5. The zero-order valence-electron chi connectivity index (χ0n) is 11.7. The van der Waals surface area contributed by atoms with Gasteiger partial charge in [0, 0.05) is 18.7 Å². The standard InChI is InChI=1S/C13H22N2O3/c1-15(2)10(8-14)13-11(17-4)6-9(16-3)7-12(13)18-5/h6-7,10H,8,14H2,1-5H3/t10-/m1/s1. The third kappa shape index (κ3) is 2.86. The Balaban J connectivity index is 3.38. The van der Waals surface area contributed by atoms with Gasteiger partial charge >= 0.3 is 0 Å². The van der Waals surface area contributed by atoms with Gasteiger partial charge in [-0.15, -0.1) is 0 Å². The second kappa shape index (κ2) is 6.47. The zero-order valence-corrected chi connectivity index (χ0v) is 11.7. The second-order valence-corrected chi connectivity index (χ2v) is 4.16. The minimum atomic E-state index is 0.0285. The van der Waals surface area contributed by atoms with E-state index in [9.17, 15) is 0 Å². The number of likely N-dealkylation sites (N-methyl/N-ethyl adjacent to an activating group) is 1. The van der Waals surface area contributed by atoms with Crippen LogP contribution in [0.25, 0.3) is 0 Å². The molecule has 5 heteroatoms. The molecule has 5 nitrogen and oxygen atoms in total. The quantitative estimate of drug-likeness (QED) is 0.828. The van der Waals surface area contributed by atoms with Crippen molar-refractivity contribution in [3.8, 4) is 17.2 Å². The lowest BCUT2D eigenvalue weighted by Gasteiger charge is -2.27. The van der Waals surface area contributed by atoms with Gasteiger partial charge in [0.2, 0.25) is 0 Å². The van der Waals surface area contributed by atoms with Crippen LogP contribution in [0.4, 0.5) is 0 Å². The van der Waals surface area contributed by atoms with E-state index in [1.54, 1.807) is 21.3 Å². The molecule has 0 aromatic heterocycles. The summed E-state index contributed by atoms with van der Waals surface area (Å²) in [6, 6.07) is 3.70. The molecule has 0 radical (unpaired) electrons. The SMILES string of the molecule is COc1cc(OC)c([C@@H](CN)N(C)C)c(OC)c1. The molecule has 0 amide bonds. The molecule has 2 N–H and O–H groups in total. The normalized spacial score (nSPS) is 12.4. The molecule has 1 rings (SSSR count). The number of ether oxygens (including phenoxy) is 3. The van der Waals surface area contributed by atoms with E-state index in [-0.39, 0.29) is 6.04 Å². The molecule has 1 aromatic carbocycles. The van der Waals surface area contributed by atoms with Gasteiger partial charge in [0.15, 0.2) is 0 Å². The Morgan fingerprint density at radius 3 is 1.83 bits per heavy atom. The van der Waals surface area contributed by atoms with Gasteiger partial charge in [-0.05, 0) is 14.1 Å². The minimum absolute atomic E-state index is 0.0285. The summed E-state index contributed by atoms with van der Waals surface area (Å²) < 4.78 is 16.1. The monoisotopic (exact) mass is 254 g/mol. The predicted octanol–water partition coefficient (Wildman–Crippen LogP) is 1.27. The average molecular weight is 254 g/mol. The largest absolute Gasteiger partial charge is 0.496 e. The number of benzene rings is 1. The number of nitrogens with two attached hydrogens (primary N) is 1. The number of methoxy groups -OCH3 is 3. The molecule has 1 atom stereocenters. The van der Waals surface area contributed by atoms with Crippen LogP contribution in [-0.2, 0) is 0 Å². The lowest BCUT2D eigenvalue weighted by Crippen LogP contribution is -2.28. The van der Waals surface area contributed by atoms with Crippen LogP contribution < -0.4 is 19.9 Å². The first-order valence-corrected chi connectivity index (χ1v) is 5.75. The van der Waals surface area contributed by atoms with Gasteiger partial charge < -0.3 is 24.8 Å². The molecular formula is C13H22N2O3. The third-order valence-electron chi connectivity index (χ3n) is 2.93. The van der Waals surface area contributed by atoms with Crippen molar-refractivity contribution in [3.05, 3.63) is 17.7 Å². The van der Waals surface area contributed by atoms with E-state index in [0.717, 1.165) is 17.1 Å². The molecule has 0 aliphatic rings. The molecule has 0 bridgehead atoms. The number of hydrogen-bond acceptors (Lipinski definition) is 5. The molecular weight excluding hydrogens is 232 g/mol. The van der Waals surface area contributed by atoms with Gasteiger partial charge in [-0.1, -0.05) is 0 Å². The van der Waals surface area contributed by atoms with Crippen LogP contribution in [0, 0.1) is 0 Å². The minimum Gasteiger partial charge on any atom is -0.496 e. The van der Waals surface area contributed by atoms with Gasteiger partial charge in [-0.3, -0.25) is 0 Å². The van der Waals surface area contributed by atoms with Crippen molar-refractivity contribution in [1.29, 1.82) is 0 Å². The van der Waals surface area contributed by atoms with Crippen molar-refractivity contribution in [2.75, 3.05) is 42.0 Å². The predicted molar refractivity (Wildman–Crippen MR) is 71.6 cm³/mol. The van der Waals surface area contributed by atoms with Crippen LogP contribution in [0.15, 0.2) is 12.1 Å². The van der Waals surface area contributed by atoms with Gasteiger partial charge in [-0.25, -0.2) is 0 Å². The van der Waals surface area contributed by atoms with Gasteiger partial charge in [-0.2, -0.15) is 0 Å². The van der Waals surface area contributed by atoms with Gasteiger partial charge in [0.05, 0.1) is 32.9 Å². The Kier molecular flexibility index (Phi) is 5.25. The summed E-state index contributed by atoms with van der Waals surface area (Å²) >= 11 is 0. The van der Waals surface area contributed by atoms with Gasteiger partial charge in [0.1, 0.15) is 17.2 Å². The second-order valence-electron chi connectivity index (χ2n) is 4.16. The van der Waals surface area contributed by atoms with Crippen LogP contribution >= 0.6 is 0 Å². The van der Waals surface area contributed by atoms with Crippen LogP contribution in [0.3, 0.4) is 0 Å². The lowest BCUT2D eigenvalue weighted by atomic mass is 10.0. The van der Waals surface area contributed by atoms with E-state index < -0.39 is 0 Å². The molecule has 0 fully saturated rings. The van der Waals surface area contributed by atoms with Crippen molar-refractivity contribution in [2.45, 2.75) is 6.04 Å². The van der Waals surface area contributed by atoms with Crippen molar-refractivity contribution in [2.24, 2.45) is 5.73 Å². The summed E-state index contributed by atoms with van der Waals surface area (Å²) in [4.78, 5) is 2.03. The van der Waals surface area contributed by atoms with Crippen molar-refractivity contribution in [3.63, 3.8) is 0 Å². The van der Waals surface area contributed by atoms with E-state index in [0.29, 0.717) is 12.3 Å². The Bertz CT molecular complexity index is 369. The number of hydrogen-bond donors (Lipinski definition) is 1. The van der Waals surface area contributed by atoms with E-state index in [1.807, 2.05) is 31.1 Å². The van der Waals surface area contributed by atoms with Crippen LogP contribution in [0.2, 0.25) is 0 Å². The molecule has 0 saturated carbocycles. The summed E-state index contributed by atoms with van der Waals surface area (Å²) in [6.07, 6.45) is 0. The van der Waals surface area contributed by atoms with Gasteiger partial charge in [0.25, 0.3) is 0 Å². The molecule has 18 heavy (non-hydrogen) atoms. The molecule has 0 aliphatic heterocycles. The Morgan fingerprint density at radius 1 is 1.06 bits per heavy atom. The zero-order chi connectivity index (χ0) is 13.7. The smallest absolute Gasteiger partial charge is 0.131 e. The van der Waals surface area contributed by atoms with Crippen LogP contribution in [0.5, 0.6) is 17.2 Å². The molecule has 0 spiro atoms. The van der Waals surface area contributed by atoms with Crippen LogP contribution in [-0.4, -0.2) is 46.9 Å². The van der Waals surface area contributed by atoms with E-state index in [4.69, 9.17) is 19.9 Å². The Labute approximate surface area is 108 Å². The fraction of sp³-hybridized carbons (Fsp3) is 0.538. The molecule has 0 heterocycles. The maximum absolute atomic E-state index is 5.84. The topological polar surface area (TPSA) is 57.0 Å². The van der Waals surface area contributed by atoms with Crippen molar-refractivity contribution >= 4 is 0 Å². The molecule has 0 unspecified atom stereocenters. The fourth-order valence-electron chi connectivity index (χ4n) is 1.95. The Morgan fingerprint density at radius 2 is 1.56 bits per heavy atom. The maximum atomic E-state index is 5.84. The first-order valence-electron chi connectivity index (χ1n) is 5.75. The highest BCUT2D eigenvalue weighted by Gasteiger charge is 2.23. The number of rotatable bonds is 6. The summed E-state index contributed by atoms with van der Waals surface area (Å²) in [5.41, 5.74) is 6.78. The van der Waals surface area contributed by atoms with E-state index in [2.05, 4.69) is 0 Å². The average Bonchev–Trinajstić information content (AvgIpc) is 2.38. The van der Waals surface area contributed by atoms with E-state index >= 15 is 0 Å². The lowest BCUT2D eigenvalue weighted by molar-refractivity contribution is 0.281. The van der Waals surface area contributed by atoms with Crippen LogP contribution in [0.1, 0.15) is 11.6 Å².